The predicted octanol–water partition coefficient (Wildman–Crippen LogP) is 5.85. The Labute approximate surface area is 175 Å². The fraction of sp³-hybridized carbons (Fsp3) is 0.0455. The number of phenols is 2. The molecule has 1 aromatic heterocycles. The molecule has 1 heterocycles. The van der Waals surface area contributed by atoms with Crippen LogP contribution in [-0.2, 0) is 0 Å². The number of halogens is 2. The summed E-state index contributed by atoms with van der Waals surface area (Å²) < 4.78 is 10.7. The molecule has 0 amide bonds. The van der Waals surface area contributed by atoms with Crippen LogP contribution >= 0.6 is 23.2 Å². The SMILES string of the molecule is COc1ccc(-c2c(-c3cc(O)cc(O)c3)c(=O)oc3c(Cl)cc(Cl)cc23)cc1. The van der Waals surface area contributed by atoms with Crippen molar-refractivity contribution < 1.29 is 19.4 Å². The second-order valence-electron chi connectivity index (χ2n) is 6.37. The van der Waals surface area contributed by atoms with Crippen LogP contribution in [-0.4, -0.2) is 17.3 Å². The van der Waals surface area contributed by atoms with Crippen LogP contribution in [0.5, 0.6) is 17.2 Å². The second kappa shape index (κ2) is 7.35. The van der Waals surface area contributed by atoms with Gasteiger partial charge in [-0.3, -0.25) is 0 Å². The molecule has 0 saturated carbocycles. The number of benzene rings is 3. The second-order valence-corrected chi connectivity index (χ2v) is 7.21. The first-order valence-corrected chi connectivity index (χ1v) is 9.26. The fourth-order valence-corrected chi connectivity index (χ4v) is 3.82. The molecule has 3 aromatic carbocycles. The molecule has 7 heteroatoms. The van der Waals surface area contributed by atoms with Crippen molar-refractivity contribution in [1.29, 1.82) is 0 Å². The average Bonchev–Trinajstić information content (AvgIpc) is 2.67. The summed E-state index contributed by atoms with van der Waals surface area (Å²) in [6, 6.07) is 14.1. The van der Waals surface area contributed by atoms with E-state index in [0.29, 0.717) is 32.8 Å². The lowest BCUT2D eigenvalue weighted by Gasteiger charge is -2.14. The van der Waals surface area contributed by atoms with Gasteiger partial charge in [-0.25, -0.2) is 4.79 Å². The molecule has 0 aliphatic rings. The minimum atomic E-state index is -0.669. The van der Waals surface area contributed by atoms with Gasteiger partial charge in [0.05, 0.1) is 17.7 Å². The Balaban J connectivity index is 2.17. The lowest BCUT2D eigenvalue weighted by Crippen LogP contribution is -2.06. The smallest absolute Gasteiger partial charge is 0.344 e. The van der Waals surface area contributed by atoms with Crippen LogP contribution in [0.4, 0.5) is 0 Å². The van der Waals surface area contributed by atoms with Crippen LogP contribution in [0.3, 0.4) is 0 Å². The summed E-state index contributed by atoms with van der Waals surface area (Å²) in [6.45, 7) is 0. The molecule has 29 heavy (non-hydrogen) atoms. The molecule has 0 atom stereocenters. The van der Waals surface area contributed by atoms with Gasteiger partial charge in [-0.1, -0.05) is 35.3 Å². The number of hydrogen-bond acceptors (Lipinski definition) is 5. The molecule has 0 aliphatic heterocycles. The third-order valence-corrected chi connectivity index (χ3v) is 5.00. The van der Waals surface area contributed by atoms with E-state index in [9.17, 15) is 15.0 Å². The van der Waals surface area contributed by atoms with Gasteiger partial charge in [0.15, 0.2) is 5.58 Å². The summed E-state index contributed by atoms with van der Waals surface area (Å²) in [7, 11) is 1.56. The van der Waals surface area contributed by atoms with E-state index in [-0.39, 0.29) is 27.7 Å². The molecule has 4 aromatic rings. The van der Waals surface area contributed by atoms with Crippen LogP contribution in [0, 0.1) is 0 Å². The molecule has 0 radical (unpaired) electrons. The Kier molecular flexibility index (Phi) is 4.86. The quantitative estimate of drug-likeness (QED) is 0.399. The van der Waals surface area contributed by atoms with Crippen molar-refractivity contribution in [3.63, 3.8) is 0 Å². The monoisotopic (exact) mass is 428 g/mol. The lowest BCUT2D eigenvalue weighted by atomic mass is 9.92. The molecular weight excluding hydrogens is 415 g/mol. The lowest BCUT2D eigenvalue weighted by molar-refractivity contribution is 0.415. The largest absolute Gasteiger partial charge is 0.508 e. The highest BCUT2D eigenvalue weighted by Crippen LogP contribution is 2.41. The summed E-state index contributed by atoms with van der Waals surface area (Å²) in [4.78, 5) is 13.0. The summed E-state index contributed by atoms with van der Waals surface area (Å²) in [6.07, 6.45) is 0. The van der Waals surface area contributed by atoms with Gasteiger partial charge in [0.25, 0.3) is 0 Å². The predicted molar refractivity (Wildman–Crippen MR) is 113 cm³/mol. The number of hydrogen-bond donors (Lipinski definition) is 2. The average molecular weight is 429 g/mol. The molecule has 4 rings (SSSR count). The van der Waals surface area contributed by atoms with Gasteiger partial charge in [0, 0.05) is 22.0 Å². The van der Waals surface area contributed by atoms with E-state index in [1.54, 1.807) is 37.4 Å². The fourth-order valence-electron chi connectivity index (χ4n) is 3.29. The first kappa shape index (κ1) is 19.2. The van der Waals surface area contributed by atoms with E-state index in [1.807, 2.05) is 0 Å². The van der Waals surface area contributed by atoms with E-state index in [4.69, 9.17) is 32.4 Å². The molecule has 146 valence electrons. The van der Waals surface area contributed by atoms with Gasteiger partial charge >= 0.3 is 5.63 Å². The molecule has 0 unspecified atom stereocenters. The molecule has 2 N–H and O–H groups in total. The zero-order valence-corrected chi connectivity index (χ0v) is 16.6. The van der Waals surface area contributed by atoms with Crippen molar-refractivity contribution in [3.8, 4) is 39.5 Å². The van der Waals surface area contributed by atoms with E-state index >= 15 is 0 Å². The van der Waals surface area contributed by atoms with E-state index in [0.717, 1.165) is 0 Å². The van der Waals surface area contributed by atoms with E-state index in [2.05, 4.69) is 0 Å². The molecule has 0 fully saturated rings. The van der Waals surface area contributed by atoms with Crippen LogP contribution in [0.2, 0.25) is 10.0 Å². The third kappa shape index (κ3) is 3.50. The van der Waals surface area contributed by atoms with Gasteiger partial charge in [-0.15, -0.1) is 0 Å². The van der Waals surface area contributed by atoms with Crippen molar-refractivity contribution >= 4 is 34.2 Å². The highest BCUT2D eigenvalue weighted by Gasteiger charge is 2.21. The van der Waals surface area contributed by atoms with Gasteiger partial charge in [0.1, 0.15) is 17.2 Å². The summed E-state index contributed by atoms with van der Waals surface area (Å²) in [5.41, 5.74) is 1.16. The van der Waals surface area contributed by atoms with Crippen LogP contribution < -0.4 is 10.4 Å². The number of aromatic hydroxyl groups is 2. The maximum Gasteiger partial charge on any atom is 0.344 e. The maximum atomic E-state index is 13.0. The highest BCUT2D eigenvalue weighted by molar-refractivity contribution is 6.38. The topological polar surface area (TPSA) is 79.9 Å². The molecule has 5 nitrogen and oxygen atoms in total. The summed E-state index contributed by atoms with van der Waals surface area (Å²) >= 11 is 12.5. The zero-order chi connectivity index (χ0) is 20.7. The van der Waals surface area contributed by atoms with E-state index in [1.165, 1.54) is 24.3 Å². The zero-order valence-electron chi connectivity index (χ0n) is 15.1. The summed E-state index contributed by atoms with van der Waals surface area (Å²) in [5.74, 6) is 0.266. The molecule has 0 aliphatic carbocycles. The first-order chi connectivity index (χ1) is 13.9. The number of rotatable bonds is 3. The Bertz CT molecular complexity index is 1270. The van der Waals surface area contributed by atoms with Crippen molar-refractivity contribution in [2.45, 2.75) is 0 Å². The number of fused-ring (bicyclic) bond motifs is 1. The van der Waals surface area contributed by atoms with Crippen molar-refractivity contribution in [2.24, 2.45) is 0 Å². The van der Waals surface area contributed by atoms with Crippen LogP contribution in [0.25, 0.3) is 33.2 Å². The van der Waals surface area contributed by atoms with Gasteiger partial charge in [-0.2, -0.15) is 0 Å². The minimum Gasteiger partial charge on any atom is -0.508 e. The number of ether oxygens (including phenoxy) is 1. The Morgan fingerprint density at radius 2 is 1.52 bits per heavy atom. The Hall–Kier alpha value is -3.15. The molecule has 0 saturated heterocycles. The van der Waals surface area contributed by atoms with Crippen LogP contribution in [0.15, 0.2) is 63.8 Å². The van der Waals surface area contributed by atoms with E-state index < -0.39 is 5.63 Å². The minimum absolute atomic E-state index is 0.159. The maximum absolute atomic E-state index is 13.0. The van der Waals surface area contributed by atoms with Crippen LogP contribution in [0.1, 0.15) is 0 Å². The summed E-state index contributed by atoms with van der Waals surface area (Å²) in [5, 5.41) is 20.9. The van der Waals surface area contributed by atoms with Gasteiger partial charge in [-0.05, 0) is 47.5 Å². The number of phenolic OH excluding ortho intramolecular Hbond substituents is 2. The molecular formula is C22H14Cl2O5. The highest BCUT2D eigenvalue weighted by atomic mass is 35.5. The number of methoxy groups -OCH3 is 1. The Morgan fingerprint density at radius 3 is 2.14 bits per heavy atom. The molecule has 0 spiro atoms. The first-order valence-electron chi connectivity index (χ1n) is 8.51. The Morgan fingerprint density at radius 1 is 0.862 bits per heavy atom. The third-order valence-electron chi connectivity index (χ3n) is 4.50. The normalized spacial score (nSPS) is 11.0. The van der Waals surface area contributed by atoms with Gasteiger partial charge in [0.2, 0.25) is 0 Å². The molecule has 0 bridgehead atoms. The van der Waals surface area contributed by atoms with Gasteiger partial charge < -0.3 is 19.4 Å². The van der Waals surface area contributed by atoms with Crippen molar-refractivity contribution in [3.05, 3.63) is 75.1 Å². The van der Waals surface area contributed by atoms with Crippen molar-refractivity contribution in [2.75, 3.05) is 7.11 Å². The standard InChI is InChI=1S/C22H14Cl2O5/c1-28-16-4-2-11(3-5-16)19-17-8-13(23)9-18(24)21(17)29-22(27)20(19)12-6-14(25)10-15(26)7-12/h2-10,25-26H,1H3. The van der Waals surface area contributed by atoms with Crippen molar-refractivity contribution in [1.82, 2.24) is 0 Å².